The van der Waals surface area contributed by atoms with Crippen LogP contribution in [-0.4, -0.2) is 22.4 Å². The first-order chi connectivity index (χ1) is 18.9. The number of fused-ring (bicyclic) bond motifs is 3. The highest BCUT2D eigenvalue weighted by Gasteiger charge is 2.48. The summed E-state index contributed by atoms with van der Waals surface area (Å²) in [5.41, 5.74) is 7.80. The van der Waals surface area contributed by atoms with Crippen LogP contribution in [0.3, 0.4) is 0 Å². The van der Waals surface area contributed by atoms with Crippen molar-refractivity contribution in [2.45, 2.75) is 12.3 Å². The van der Waals surface area contributed by atoms with Gasteiger partial charge >= 0.3 is 0 Å². The second kappa shape index (κ2) is 9.31. The molecule has 0 heterocycles. The molecule has 0 bridgehead atoms. The Hall–Kier alpha value is -5.14. The molecule has 6 rings (SSSR count). The largest absolute Gasteiger partial charge is 0.508 e. The molecule has 3 N–H and O–H groups in total. The van der Waals surface area contributed by atoms with E-state index in [0.29, 0.717) is 0 Å². The maximum Gasteiger partial charge on any atom is 0.118 e. The van der Waals surface area contributed by atoms with Crippen LogP contribution in [0.25, 0.3) is 11.1 Å². The number of hydrogen-bond acceptors (Lipinski definition) is 4. The van der Waals surface area contributed by atoms with Crippen molar-refractivity contribution in [1.82, 2.24) is 0 Å². The summed E-state index contributed by atoms with van der Waals surface area (Å²) < 4.78 is 5.47. The average molecular weight is 511 g/mol. The normalized spacial score (nSPS) is 15.1. The van der Waals surface area contributed by atoms with Crippen LogP contribution in [0.1, 0.15) is 38.9 Å². The van der Waals surface area contributed by atoms with Gasteiger partial charge in [0.1, 0.15) is 23.0 Å². The smallest absolute Gasteiger partial charge is 0.118 e. The maximum atomic E-state index is 10.7. The van der Waals surface area contributed by atoms with Crippen molar-refractivity contribution >= 4 is 0 Å². The number of ether oxygens (including phenoxy) is 1. The van der Waals surface area contributed by atoms with Gasteiger partial charge in [-0.3, -0.25) is 0 Å². The lowest BCUT2D eigenvalue weighted by atomic mass is 9.66. The van der Waals surface area contributed by atoms with E-state index in [9.17, 15) is 15.3 Å². The number of hydrogen-bond donors (Lipinski definition) is 3. The Morgan fingerprint density at radius 1 is 0.615 bits per heavy atom. The molecule has 0 aliphatic heterocycles. The van der Waals surface area contributed by atoms with Gasteiger partial charge in [0.2, 0.25) is 0 Å². The van der Waals surface area contributed by atoms with Crippen molar-refractivity contribution in [3.63, 3.8) is 0 Å². The van der Waals surface area contributed by atoms with Crippen LogP contribution < -0.4 is 4.74 Å². The molecule has 190 valence electrons. The van der Waals surface area contributed by atoms with Crippen LogP contribution in [0.5, 0.6) is 23.0 Å². The molecule has 1 atom stereocenters. The Bertz CT molecular complexity index is 1760. The monoisotopic (exact) mass is 510 g/mol. The van der Waals surface area contributed by atoms with Crippen molar-refractivity contribution < 1.29 is 20.1 Å². The third-order valence-electron chi connectivity index (χ3n) is 7.51. The summed E-state index contributed by atoms with van der Waals surface area (Å²) in [6.45, 7) is 2.05. The zero-order valence-corrected chi connectivity index (χ0v) is 21.6. The van der Waals surface area contributed by atoms with Gasteiger partial charge in [0, 0.05) is 11.1 Å². The second-order valence-electron chi connectivity index (χ2n) is 9.73. The fourth-order valence-electron chi connectivity index (χ4n) is 5.69. The molecule has 5 aromatic carbocycles. The number of aromatic hydroxyl groups is 3. The Labute approximate surface area is 227 Å². The van der Waals surface area contributed by atoms with Crippen LogP contribution in [-0.2, 0) is 5.41 Å². The second-order valence-corrected chi connectivity index (χ2v) is 9.73. The topological polar surface area (TPSA) is 69.9 Å². The van der Waals surface area contributed by atoms with E-state index in [0.717, 1.165) is 55.8 Å². The summed E-state index contributed by atoms with van der Waals surface area (Å²) in [5, 5.41) is 30.6. The number of rotatable bonds is 3. The number of methoxy groups -OCH3 is 1. The van der Waals surface area contributed by atoms with E-state index in [1.54, 1.807) is 49.6 Å². The predicted octanol–water partition coefficient (Wildman–Crippen LogP) is 6.88. The van der Waals surface area contributed by atoms with Gasteiger partial charge < -0.3 is 20.1 Å². The summed E-state index contributed by atoms with van der Waals surface area (Å²) in [6, 6.07) is 31.8. The minimum atomic E-state index is -0.825. The van der Waals surface area contributed by atoms with Gasteiger partial charge in [0.25, 0.3) is 0 Å². The number of aryl methyl sites for hydroxylation is 1. The van der Waals surface area contributed by atoms with Crippen molar-refractivity contribution in [2.24, 2.45) is 0 Å². The fraction of sp³-hybridized carbons (Fsp3) is 0.0857. The Balaban J connectivity index is 1.74. The molecule has 0 unspecified atom stereocenters. The van der Waals surface area contributed by atoms with Gasteiger partial charge in [-0.2, -0.15) is 0 Å². The van der Waals surface area contributed by atoms with E-state index in [4.69, 9.17) is 4.74 Å². The average Bonchev–Trinajstić information content (AvgIpc) is 3.24. The first kappa shape index (κ1) is 24.2. The Morgan fingerprint density at radius 2 is 1.18 bits per heavy atom. The highest BCUT2D eigenvalue weighted by Crippen LogP contribution is 2.58. The number of phenolic OH excluding ortho intramolecular Hbond substituents is 3. The molecule has 0 saturated carbocycles. The van der Waals surface area contributed by atoms with Gasteiger partial charge in [-0.25, -0.2) is 0 Å². The minimum absolute atomic E-state index is 0.173. The molecular weight excluding hydrogens is 484 g/mol. The maximum absolute atomic E-state index is 10.7. The van der Waals surface area contributed by atoms with Crippen LogP contribution in [0.15, 0.2) is 103 Å². The molecule has 5 aromatic rings. The molecule has 4 heteroatoms. The molecule has 0 radical (unpaired) electrons. The summed E-state index contributed by atoms with van der Waals surface area (Å²) >= 11 is 0. The van der Waals surface area contributed by atoms with E-state index in [1.165, 1.54) is 0 Å². The van der Waals surface area contributed by atoms with Crippen molar-refractivity contribution in [1.29, 1.82) is 0 Å². The van der Waals surface area contributed by atoms with Crippen LogP contribution in [0.4, 0.5) is 0 Å². The van der Waals surface area contributed by atoms with Crippen molar-refractivity contribution in [2.75, 3.05) is 7.11 Å². The molecule has 0 saturated heterocycles. The minimum Gasteiger partial charge on any atom is -0.508 e. The summed E-state index contributed by atoms with van der Waals surface area (Å²) in [4.78, 5) is 0. The van der Waals surface area contributed by atoms with E-state index in [-0.39, 0.29) is 17.2 Å². The third-order valence-corrected chi connectivity index (χ3v) is 7.51. The first-order valence-corrected chi connectivity index (χ1v) is 12.6. The summed E-state index contributed by atoms with van der Waals surface area (Å²) in [7, 11) is 1.64. The van der Waals surface area contributed by atoms with E-state index >= 15 is 0 Å². The zero-order valence-electron chi connectivity index (χ0n) is 21.6. The van der Waals surface area contributed by atoms with Gasteiger partial charge in [-0.15, -0.1) is 0 Å². The van der Waals surface area contributed by atoms with Crippen LogP contribution in [0, 0.1) is 18.8 Å². The highest BCUT2D eigenvalue weighted by atomic mass is 16.5. The molecule has 0 spiro atoms. The summed E-state index contributed by atoms with van der Waals surface area (Å²) in [5.74, 6) is 8.04. The fourth-order valence-corrected chi connectivity index (χ4v) is 5.69. The molecule has 0 fully saturated rings. The van der Waals surface area contributed by atoms with E-state index in [2.05, 4.69) is 30.9 Å². The molecule has 0 aromatic heterocycles. The van der Waals surface area contributed by atoms with Gasteiger partial charge in [0.05, 0.1) is 12.5 Å². The Morgan fingerprint density at radius 3 is 1.82 bits per heavy atom. The first-order valence-electron chi connectivity index (χ1n) is 12.6. The molecule has 4 nitrogen and oxygen atoms in total. The molecular formula is C35H26O4. The van der Waals surface area contributed by atoms with E-state index < -0.39 is 5.41 Å². The lowest BCUT2D eigenvalue weighted by Crippen LogP contribution is -2.29. The van der Waals surface area contributed by atoms with Crippen molar-refractivity contribution in [3.8, 4) is 46.0 Å². The number of benzene rings is 5. The standard InChI is InChI=1S/C35H26O4/c1-22-3-18-32-31-20-15-28(38)21-33(31)35(24-7-13-27(37)14-8-24,25-9-16-29(39-2)17-10-25)34(32)30(22)19-6-23-4-11-26(36)12-5-23/h3-5,7-18,20-21,36-38H,1-2H3/t35-/m0/s1. The lowest BCUT2D eigenvalue weighted by Gasteiger charge is -2.35. The predicted molar refractivity (Wildman–Crippen MR) is 152 cm³/mol. The molecule has 39 heavy (non-hydrogen) atoms. The lowest BCUT2D eigenvalue weighted by molar-refractivity contribution is 0.414. The molecule has 1 aliphatic carbocycles. The van der Waals surface area contributed by atoms with Crippen LogP contribution in [0.2, 0.25) is 0 Å². The highest BCUT2D eigenvalue weighted by molar-refractivity contribution is 5.89. The van der Waals surface area contributed by atoms with Crippen molar-refractivity contribution in [3.05, 3.63) is 142 Å². The van der Waals surface area contributed by atoms with Gasteiger partial charge in [-0.05, 0) is 107 Å². The van der Waals surface area contributed by atoms with Gasteiger partial charge in [-0.1, -0.05) is 54.3 Å². The third kappa shape index (κ3) is 3.88. The molecule has 0 amide bonds. The number of phenols is 3. The van der Waals surface area contributed by atoms with Crippen LogP contribution >= 0.6 is 0 Å². The summed E-state index contributed by atoms with van der Waals surface area (Å²) in [6.07, 6.45) is 0. The van der Waals surface area contributed by atoms with Gasteiger partial charge in [0.15, 0.2) is 0 Å². The Kier molecular flexibility index (Phi) is 5.78. The quantitative estimate of drug-likeness (QED) is 0.227. The zero-order chi connectivity index (χ0) is 27.1. The SMILES string of the molecule is COc1ccc([C@@]2(c3ccc(O)cc3)c3cc(O)ccc3-c3ccc(C)c(C#Cc4ccc(O)cc4)c32)cc1. The van der Waals surface area contributed by atoms with E-state index in [1.807, 2.05) is 48.5 Å². The molecule has 1 aliphatic rings.